The zero-order valence-corrected chi connectivity index (χ0v) is 9.30. The molecule has 1 aliphatic rings. The van der Waals surface area contributed by atoms with Crippen molar-refractivity contribution < 1.29 is 4.74 Å². The van der Waals surface area contributed by atoms with Crippen LogP contribution in [0.5, 0.6) is 0 Å². The van der Waals surface area contributed by atoms with Crippen molar-refractivity contribution in [1.82, 2.24) is 0 Å². The molecule has 0 spiro atoms. The highest BCUT2D eigenvalue weighted by molar-refractivity contribution is 7.10. The van der Waals surface area contributed by atoms with Crippen molar-refractivity contribution in [2.45, 2.75) is 31.9 Å². The molecule has 1 aliphatic carbocycles. The summed E-state index contributed by atoms with van der Waals surface area (Å²) in [6.45, 7) is 2.89. The first-order chi connectivity index (χ1) is 6.77. The summed E-state index contributed by atoms with van der Waals surface area (Å²) in [5, 5.41) is 2.07. The van der Waals surface area contributed by atoms with Gasteiger partial charge in [0.2, 0.25) is 0 Å². The number of nitrogens with two attached hydrogens (primary N) is 1. The second-order valence-corrected chi connectivity index (χ2v) is 5.05. The fraction of sp³-hybridized carbons (Fsp3) is 0.636. The minimum absolute atomic E-state index is 0.0763. The summed E-state index contributed by atoms with van der Waals surface area (Å²) < 4.78 is 5.86. The molecule has 1 aromatic rings. The number of ether oxygens (including phenoxy) is 1. The Labute approximate surface area is 89.1 Å². The quantitative estimate of drug-likeness (QED) is 0.812. The number of rotatable bonds is 5. The number of thiophene rings is 1. The molecule has 0 amide bonds. The molecule has 0 aromatic carbocycles. The Hall–Kier alpha value is -0.380. The van der Waals surface area contributed by atoms with Crippen LogP contribution < -0.4 is 5.73 Å². The second-order valence-electron chi connectivity index (χ2n) is 4.07. The number of hydrogen-bond acceptors (Lipinski definition) is 3. The van der Waals surface area contributed by atoms with Crippen LogP contribution in [0.1, 0.15) is 30.7 Å². The molecule has 3 heteroatoms. The van der Waals surface area contributed by atoms with Gasteiger partial charge in [0.1, 0.15) is 6.10 Å². The summed E-state index contributed by atoms with van der Waals surface area (Å²) in [4.78, 5) is 1.25. The van der Waals surface area contributed by atoms with Gasteiger partial charge in [-0.15, -0.1) is 11.3 Å². The average molecular weight is 211 g/mol. The zero-order valence-electron chi connectivity index (χ0n) is 8.48. The highest BCUT2D eigenvalue weighted by atomic mass is 32.1. The minimum atomic E-state index is 0.0763. The van der Waals surface area contributed by atoms with Crippen molar-refractivity contribution in [2.75, 3.05) is 6.61 Å². The van der Waals surface area contributed by atoms with Crippen LogP contribution in [0.3, 0.4) is 0 Å². The van der Waals surface area contributed by atoms with E-state index in [0.717, 1.165) is 12.5 Å². The smallest absolute Gasteiger partial charge is 0.106 e. The Bertz CT molecular complexity index is 267. The lowest BCUT2D eigenvalue weighted by Gasteiger charge is -2.20. The standard InChI is InChI=1S/C11H17NOS/c1-8(12)11(10-3-2-6-14-10)13-7-9-4-5-9/h2-3,6,8-9,11H,4-5,7,12H2,1H3. The van der Waals surface area contributed by atoms with Gasteiger partial charge in [-0.2, -0.15) is 0 Å². The van der Waals surface area contributed by atoms with E-state index in [0.29, 0.717) is 0 Å². The maximum Gasteiger partial charge on any atom is 0.106 e. The molecule has 2 nitrogen and oxygen atoms in total. The number of hydrogen-bond donors (Lipinski definition) is 1. The monoisotopic (exact) mass is 211 g/mol. The van der Waals surface area contributed by atoms with Gasteiger partial charge in [0, 0.05) is 10.9 Å². The van der Waals surface area contributed by atoms with Crippen molar-refractivity contribution >= 4 is 11.3 Å². The van der Waals surface area contributed by atoms with Crippen LogP contribution in [0.15, 0.2) is 17.5 Å². The average Bonchev–Trinajstić information content (AvgIpc) is 2.80. The molecule has 2 rings (SSSR count). The third kappa shape index (κ3) is 2.56. The van der Waals surface area contributed by atoms with Gasteiger partial charge in [-0.1, -0.05) is 6.07 Å². The van der Waals surface area contributed by atoms with Gasteiger partial charge in [0.25, 0.3) is 0 Å². The van der Waals surface area contributed by atoms with Crippen LogP contribution in [0, 0.1) is 5.92 Å². The molecule has 78 valence electrons. The Morgan fingerprint density at radius 2 is 2.43 bits per heavy atom. The van der Waals surface area contributed by atoms with Gasteiger partial charge >= 0.3 is 0 Å². The fourth-order valence-corrected chi connectivity index (χ4v) is 2.36. The summed E-state index contributed by atoms with van der Waals surface area (Å²) in [5.74, 6) is 0.802. The molecule has 2 unspecified atom stereocenters. The molecule has 14 heavy (non-hydrogen) atoms. The van der Waals surface area contributed by atoms with Gasteiger partial charge < -0.3 is 10.5 Å². The minimum Gasteiger partial charge on any atom is -0.371 e. The van der Waals surface area contributed by atoms with Gasteiger partial charge in [-0.05, 0) is 37.1 Å². The Balaban J connectivity index is 1.92. The van der Waals surface area contributed by atoms with Gasteiger partial charge in [0.05, 0.1) is 6.61 Å². The van der Waals surface area contributed by atoms with E-state index < -0.39 is 0 Å². The molecule has 0 aliphatic heterocycles. The van der Waals surface area contributed by atoms with E-state index in [1.54, 1.807) is 11.3 Å². The van der Waals surface area contributed by atoms with Crippen molar-refractivity contribution in [3.63, 3.8) is 0 Å². The first-order valence-electron chi connectivity index (χ1n) is 5.18. The van der Waals surface area contributed by atoms with Gasteiger partial charge in [0.15, 0.2) is 0 Å². The Kier molecular flexibility index (Phi) is 3.21. The van der Waals surface area contributed by atoms with Crippen LogP contribution in [-0.4, -0.2) is 12.6 Å². The second kappa shape index (κ2) is 4.43. The van der Waals surface area contributed by atoms with Crippen LogP contribution in [-0.2, 0) is 4.74 Å². The topological polar surface area (TPSA) is 35.2 Å². The van der Waals surface area contributed by atoms with Crippen molar-refractivity contribution in [2.24, 2.45) is 11.7 Å². The summed E-state index contributed by atoms with van der Waals surface area (Å²) in [7, 11) is 0. The molecular weight excluding hydrogens is 194 g/mol. The van der Waals surface area contributed by atoms with Crippen molar-refractivity contribution in [3.05, 3.63) is 22.4 Å². The maximum atomic E-state index is 5.92. The lowest BCUT2D eigenvalue weighted by Crippen LogP contribution is -2.26. The highest BCUT2D eigenvalue weighted by Crippen LogP contribution is 2.32. The third-order valence-corrected chi connectivity index (χ3v) is 3.44. The molecular formula is C11H17NOS. The predicted molar refractivity (Wildman–Crippen MR) is 59.4 cm³/mol. The fourth-order valence-electron chi connectivity index (χ4n) is 1.47. The molecule has 1 fully saturated rings. The van der Waals surface area contributed by atoms with Crippen LogP contribution in [0.25, 0.3) is 0 Å². The van der Waals surface area contributed by atoms with E-state index in [1.165, 1.54) is 17.7 Å². The maximum absolute atomic E-state index is 5.92. The van der Waals surface area contributed by atoms with Gasteiger partial charge in [-0.25, -0.2) is 0 Å². The molecule has 0 bridgehead atoms. The summed E-state index contributed by atoms with van der Waals surface area (Å²) in [5.41, 5.74) is 5.92. The predicted octanol–water partition coefficient (Wildman–Crippen LogP) is 2.56. The largest absolute Gasteiger partial charge is 0.371 e. The summed E-state index contributed by atoms with van der Waals surface area (Å²) >= 11 is 1.73. The molecule has 1 heterocycles. The first kappa shape index (κ1) is 10.1. The van der Waals surface area contributed by atoms with Crippen LogP contribution in [0.4, 0.5) is 0 Å². The van der Waals surface area contributed by atoms with E-state index in [-0.39, 0.29) is 12.1 Å². The first-order valence-corrected chi connectivity index (χ1v) is 6.06. The lowest BCUT2D eigenvalue weighted by atomic mass is 10.1. The molecule has 0 radical (unpaired) electrons. The Morgan fingerprint density at radius 1 is 1.64 bits per heavy atom. The van der Waals surface area contributed by atoms with Crippen LogP contribution in [0.2, 0.25) is 0 Å². The van der Waals surface area contributed by atoms with Crippen LogP contribution >= 0.6 is 11.3 Å². The zero-order chi connectivity index (χ0) is 9.97. The normalized spacial score (nSPS) is 20.7. The molecule has 0 saturated heterocycles. The Morgan fingerprint density at radius 3 is 2.93 bits per heavy atom. The van der Waals surface area contributed by atoms with Crippen molar-refractivity contribution in [3.8, 4) is 0 Å². The molecule has 2 atom stereocenters. The van der Waals surface area contributed by atoms with Gasteiger partial charge in [-0.3, -0.25) is 0 Å². The molecule has 2 N–H and O–H groups in total. The lowest BCUT2D eigenvalue weighted by molar-refractivity contribution is 0.0338. The van der Waals surface area contributed by atoms with Crippen molar-refractivity contribution in [1.29, 1.82) is 0 Å². The van der Waals surface area contributed by atoms with E-state index >= 15 is 0 Å². The summed E-state index contributed by atoms with van der Waals surface area (Å²) in [6, 6.07) is 4.23. The van der Waals surface area contributed by atoms with E-state index in [9.17, 15) is 0 Å². The van der Waals surface area contributed by atoms with E-state index in [1.807, 2.05) is 6.92 Å². The highest BCUT2D eigenvalue weighted by Gasteiger charge is 2.25. The van der Waals surface area contributed by atoms with E-state index in [2.05, 4.69) is 17.5 Å². The third-order valence-electron chi connectivity index (χ3n) is 2.51. The SMILES string of the molecule is CC(N)C(OCC1CC1)c1cccs1. The summed E-state index contributed by atoms with van der Waals surface area (Å²) in [6.07, 6.45) is 2.75. The molecule has 1 saturated carbocycles. The van der Waals surface area contributed by atoms with E-state index in [4.69, 9.17) is 10.5 Å². The molecule has 1 aromatic heterocycles.